The van der Waals surface area contributed by atoms with Gasteiger partial charge in [0.2, 0.25) is 0 Å². The first kappa shape index (κ1) is 12.2. The van der Waals surface area contributed by atoms with Gasteiger partial charge in [0.1, 0.15) is 0 Å². The van der Waals surface area contributed by atoms with Gasteiger partial charge >= 0.3 is 5.97 Å². The highest BCUT2D eigenvalue weighted by Crippen LogP contribution is 2.08. The van der Waals surface area contributed by atoms with Crippen molar-refractivity contribution in [2.45, 2.75) is 19.8 Å². The summed E-state index contributed by atoms with van der Waals surface area (Å²) in [6.45, 7) is 2.16. The molecule has 16 heavy (non-hydrogen) atoms. The molecule has 0 amide bonds. The molecule has 84 valence electrons. The number of carbonyl (C=O) groups is 1. The van der Waals surface area contributed by atoms with Crippen molar-refractivity contribution in [1.82, 2.24) is 0 Å². The average molecular weight is 216 g/mol. The largest absolute Gasteiger partial charge is 0.478 e. The van der Waals surface area contributed by atoms with Crippen molar-refractivity contribution >= 4 is 12.0 Å². The van der Waals surface area contributed by atoms with Crippen LogP contribution in [0.15, 0.2) is 42.5 Å². The molecule has 0 aromatic heterocycles. The van der Waals surface area contributed by atoms with E-state index >= 15 is 0 Å². The van der Waals surface area contributed by atoms with Gasteiger partial charge < -0.3 is 5.11 Å². The number of hydrogen-bond acceptors (Lipinski definition) is 1. The summed E-state index contributed by atoms with van der Waals surface area (Å²) in [5.74, 6) is -0.928. The number of rotatable bonds is 5. The maximum atomic E-state index is 10.2. The highest BCUT2D eigenvalue weighted by molar-refractivity contribution is 5.80. The Morgan fingerprint density at radius 3 is 2.50 bits per heavy atom. The smallest absolute Gasteiger partial charge is 0.328 e. The number of aliphatic carboxylic acids is 1. The first-order valence-electron chi connectivity index (χ1n) is 5.39. The summed E-state index contributed by atoms with van der Waals surface area (Å²) in [4.78, 5) is 10.2. The molecule has 0 radical (unpaired) electrons. The number of hydrogen-bond donors (Lipinski definition) is 1. The zero-order valence-electron chi connectivity index (χ0n) is 9.39. The molecule has 1 rings (SSSR count). The van der Waals surface area contributed by atoms with E-state index < -0.39 is 5.97 Å². The van der Waals surface area contributed by atoms with Gasteiger partial charge in [-0.2, -0.15) is 0 Å². The van der Waals surface area contributed by atoms with Crippen molar-refractivity contribution in [1.29, 1.82) is 0 Å². The topological polar surface area (TPSA) is 37.3 Å². The van der Waals surface area contributed by atoms with Crippen LogP contribution >= 0.6 is 0 Å². The second-order valence-corrected chi connectivity index (χ2v) is 3.55. The lowest BCUT2D eigenvalue weighted by Crippen LogP contribution is -1.84. The third-order valence-electron chi connectivity index (χ3n) is 2.16. The molecule has 1 N–H and O–H groups in total. The SMILES string of the molecule is CCCc1ccc(/C=C/C=C/C(=O)O)cc1. The fourth-order valence-electron chi connectivity index (χ4n) is 1.39. The normalized spacial score (nSPS) is 11.3. The van der Waals surface area contributed by atoms with E-state index in [1.807, 2.05) is 18.2 Å². The molecule has 0 spiro atoms. The average Bonchev–Trinajstić information content (AvgIpc) is 2.27. The first-order valence-corrected chi connectivity index (χ1v) is 5.39. The van der Waals surface area contributed by atoms with Gasteiger partial charge in [-0.3, -0.25) is 0 Å². The second-order valence-electron chi connectivity index (χ2n) is 3.55. The predicted molar refractivity (Wildman–Crippen MR) is 66.2 cm³/mol. The standard InChI is InChI=1S/C14H16O2/c1-2-5-12-8-10-13(11-9-12)6-3-4-7-14(15)16/h3-4,6-11H,2,5H2,1H3,(H,15,16)/b6-3+,7-4+. The Bertz CT molecular complexity index is 386. The van der Waals surface area contributed by atoms with E-state index in [2.05, 4.69) is 19.1 Å². The minimum absolute atomic E-state index is 0.928. The van der Waals surface area contributed by atoms with Crippen molar-refractivity contribution in [3.05, 3.63) is 53.6 Å². The van der Waals surface area contributed by atoms with Crippen LogP contribution in [-0.2, 0) is 11.2 Å². The molecule has 2 heteroatoms. The third-order valence-corrected chi connectivity index (χ3v) is 2.16. The van der Waals surface area contributed by atoms with Gasteiger partial charge in [0, 0.05) is 6.08 Å². The number of carboxylic acid groups (broad SMARTS) is 1. The Labute approximate surface area is 95.9 Å². The van der Waals surface area contributed by atoms with Crippen molar-refractivity contribution in [2.24, 2.45) is 0 Å². The van der Waals surface area contributed by atoms with E-state index in [4.69, 9.17) is 5.11 Å². The molecule has 0 aliphatic rings. The quantitative estimate of drug-likeness (QED) is 0.605. The van der Waals surface area contributed by atoms with Crippen molar-refractivity contribution in [3.8, 4) is 0 Å². The Hall–Kier alpha value is -1.83. The minimum Gasteiger partial charge on any atom is -0.478 e. The lowest BCUT2D eigenvalue weighted by Gasteiger charge is -1.98. The van der Waals surface area contributed by atoms with Gasteiger partial charge in [-0.05, 0) is 17.5 Å². The van der Waals surface area contributed by atoms with E-state index in [0.717, 1.165) is 24.5 Å². The molecule has 0 heterocycles. The van der Waals surface area contributed by atoms with Gasteiger partial charge in [-0.1, -0.05) is 55.8 Å². The molecule has 1 aromatic rings. The second kappa shape index (κ2) is 6.62. The highest BCUT2D eigenvalue weighted by atomic mass is 16.4. The lowest BCUT2D eigenvalue weighted by molar-refractivity contribution is -0.131. The Balaban J connectivity index is 2.58. The fourth-order valence-corrected chi connectivity index (χ4v) is 1.39. The number of allylic oxidation sites excluding steroid dienone is 2. The van der Waals surface area contributed by atoms with E-state index in [9.17, 15) is 4.79 Å². The molecular weight excluding hydrogens is 200 g/mol. The Morgan fingerprint density at radius 1 is 1.25 bits per heavy atom. The Morgan fingerprint density at radius 2 is 1.94 bits per heavy atom. The number of benzene rings is 1. The summed E-state index contributed by atoms with van der Waals surface area (Å²) in [5.41, 5.74) is 2.41. The first-order chi connectivity index (χ1) is 7.72. The van der Waals surface area contributed by atoms with E-state index in [1.54, 1.807) is 6.08 Å². The number of carboxylic acids is 1. The summed E-state index contributed by atoms with van der Waals surface area (Å²) in [7, 11) is 0. The third kappa shape index (κ3) is 4.60. The molecule has 0 fully saturated rings. The number of aryl methyl sites for hydroxylation is 1. The summed E-state index contributed by atoms with van der Waals surface area (Å²) in [6, 6.07) is 8.28. The summed E-state index contributed by atoms with van der Waals surface area (Å²) < 4.78 is 0. The molecule has 0 unspecified atom stereocenters. The van der Waals surface area contributed by atoms with Gasteiger partial charge in [-0.25, -0.2) is 4.79 Å². The van der Waals surface area contributed by atoms with Crippen molar-refractivity contribution < 1.29 is 9.90 Å². The van der Waals surface area contributed by atoms with Crippen LogP contribution in [0.4, 0.5) is 0 Å². The molecule has 0 saturated heterocycles. The van der Waals surface area contributed by atoms with Crippen LogP contribution in [0.5, 0.6) is 0 Å². The summed E-state index contributed by atoms with van der Waals surface area (Å²) in [5, 5.41) is 8.39. The van der Waals surface area contributed by atoms with Crippen LogP contribution in [0.1, 0.15) is 24.5 Å². The molecule has 0 atom stereocenters. The van der Waals surface area contributed by atoms with E-state index in [-0.39, 0.29) is 0 Å². The fraction of sp³-hybridized carbons (Fsp3) is 0.214. The summed E-state index contributed by atoms with van der Waals surface area (Å²) >= 11 is 0. The summed E-state index contributed by atoms with van der Waals surface area (Å²) in [6.07, 6.45) is 8.49. The molecule has 1 aromatic carbocycles. The molecule has 0 saturated carbocycles. The Kier molecular flexibility index (Phi) is 5.06. The molecular formula is C14H16O2. The molecule has 0 aliphatic carbocycles. The minimum atomic E-state index is -0.928. The van der Waals surface area contributed by atoms with Crippen molar-refractivity contribution in [3.63, 3.8) is 0 Å². The van der Waals surface area contributed by atoms with Crippen LogP contribution in [-0.4, -0.2) is 11.1 Å². The molecule has 0 bridgehead atoms. The van der Waals surface area contributed by atoms with E-state index in [0.29, 0.717) is 0 Å². The van der Waals surface area contributed by atoms with E-state index in [1.165, 1.54) is 11.6 Å². The zero-order valence-corrected chi connectivity index (χ0v) is 9.39. The predicted octanol–water partition coefficient (Wildman–Crippen LogP) is 3.29. The maximum absolute atomic E-state index is 10.2. The monoisotopic (exact) mass is 216 g/mol. The molecule has 0 aliphatic heterocycles. The zero-order chi connectivity index (χ0) is 11.8. The van der Waals surface area contributed by atoms with Crippen LogP contribution in [0.25, 0.3) is 6.08 Å². The van der Waals surface area contributed by atoms with Crippen LogP contribution in [0.3, 0.4) is 0 Å². The van der Waals surface area contributed by atoms with Crippen LogP contribution < -0.4 is 0 Å². The van der Waals surface area contributed by atoms with Gasteiger partial charge in [0.05, 0.1) is 0 Å². The highest BCUT2D eigenvalue weighted by Gasteiger charge is 1.90. The lowest BCUT2D eigenvalue weighted by atomic mass is 10.1. The molecule has 2 nitrogen and oxygen atoms in total. The van der Waals surface area contributed by atoms with Gasteiger partial charge in [-0.15, -0.1) is 0 Å². The van der Waals surface area contributed by atoms with Crippen LogP contribution in [0.2, 0.25) is 0 Å². The van der Waals surface area contributed by atoms with Gasteiger partial charge in [0.25, 0.3) is 0 Å². The van der Waals surface area contributed by atoms with Crippen molar-refractivity contribution in [2.75, 3.05) is 0 Å². The maximum Gasteiger partial charge on any atom is 0.328 e. The van der Waals surface area contributed by atoms with Crippen LogP contribution in [0, 0.1) is 0 Å². The van der Waals surface area contributed by atoms with Gasteiger partial charge in [0.15, 0.2) is 0 Å².